The molecule has 2 aromatic rings. The summed E-state index contributed by atoms with van der Waals surface area (Å²) in [6.07, 6.45) is 0.0249. The van der Waals surface area contributed by atoms with Crippen molar-refractivity contribution in [3.8, 4) is 5.75 Å². The second-order valence-electron chi connectivity index (χ2n) is 4.90. The molecule has 0 amide bonds. The van der Waals surface area contributed by atoms with Gasteiger partial charge < -0.3 is 15.5 Å². The molecule has 2 heterocycles. The highest BCUT2D eigenvalue weighted by atomic mass is 35.5. The number of aryl methyl sites for hydroxylation is 1. The zero-order chi connectivity index (χ0) is 12.9. The molecule has 0 saturated heterocycles. The van der Waals surface area contributed by atoms with E-state index in [4.69, 9.17) is 10.5 Å². The molecule has 1 aromatic carbocycles. The van der Waals surface area contributed by atoms with Gasteiger partial charge in [-0.2, -0.15) is 0 Å². The van der Waals surface area contributed by atoms with Crippen LogP contribution >= 0.6 is 12.4 Å². The lowest BCUT2D eigenvalue weighted by atomic mass is 9.94. The fourth-order valence-corrected chi connectivity index (χ4v) is 2.68. The predicted octanol–water partition coefficient (Wildman–Crippen LogP) is 2.08. The third-order valence-corrected chi connectivity index (χ3v) is 3.74. The maximum Gasteiger partial charge on any atom is 0.248 e. The van der Waals surface area contributed by atoms with E-state index in [9.17, 15) is 4.79 Å². The number of nitrogens with one attached hydrogen (secondary N) is 1. The van der Waals surface area contributed by atoms with Crippen molar-refractivity contribution in [1.82, 2.24) is 4.98 Å². The van der Waals surface area contributed by atoms with Gasteiger partial charge in [0.1, 0.15) is 11.9 Å². The predicted molar refractivity (Wildman–Crippen MR) is 78.4 cm³/mol. The number of benzene rings is 1. The van der Waals surface area contributed by atoms with E-state index in [1.807, 2.05) is 13.0 Å². The zero-order valence-electron chi connectivity index (χ0n) is 10.9. The summed E-state index contributed by atoms with van der Waals surface area (Å²) in [5.74, 6) is 1.16. The number of halogens is 1. The molecule has 0 unspecified atom stereocenters. The smallest absolute Gasteiger partial charge is 0.248 e. The Morgan fingerprint density at radius 1 is 1.42 bits per heavy atom. The molecule has 19 heavy (non-hydrogen) atoms. The van der Waals surface area contributed by atoms with Crippen LogP contribution in [0.1, 0.15) is 24.0 Å². The molecule has 5 heteroatoms. The molecule has 3 N–H and O–H groups in total. The minimum Gasteiger partial charge on any atom is -0.487 e. The molecule has 1 aromatic heterocycles. The highest BCUT2D eigenvalue weighted by molar-refractivity contribution is 5.89. The van der Waals surface area contributed by atoms with Gasteiger partial charge in [0, 0.05) is 29.5 Å². The van der Waals surface area contributed by atoms with Crippen molar-refractivity contribution in [1.29, 1.82) is 0 Å². The first-order valence-corrected chi connectivity index (χ1v) is 6.15. The first kappa shape index (κ1) is 13.9. The molecular formula is C14H17ClN2O2. The quantitative estimate of drug-likeness (QED) is 0.840. The molecule has 102 valence electrons. The molecule has 2 atom stereocenters. The minimum absolute atomic E-state index is 0. The Hall–Kier alpha value is -1.52. The second kappa shape index (κ2) is 4.87. The first-order valence-electron chi connectivity index (χ1n) is 6.15. The third-order valence-electron chi connectivity index (χ3n) is 3.74. The number of hydrogen-bond acceptors (Lipinski definition) is 3. The van der Waals surface area contributed by atoms with E-state index in [2.05, 4.69) is 18.0 Å². The van der Waals surface area contributed by atoms with Crippen LogP contribution in [0.3, 0.4) is 0 Å². The van der Waals surface area contributed by atoms with Crippen molar-refractivity contribution in [3.05, 3.63) is 39.7 Å². The summed E-state index contributed by atoms with van der Waals surface area (Å²) in [7, 11) is 0. The van der Waals surface area contributed by atoms with Gasteiger partial charge >= 0.3 is 0 Å². The largest absolute Gasteiger partial charge is 0.487 e. The lowest BCUT2D eigenvalue weighted by molar-refractivity contribution is 0.221. The van der Waals surface area contributed by atoms with Crippen molar-refractivity contribution in [2.45, 2.75) is 25.9 Å². The Morgan fingerprint density at radius 3 is 2.84 bits per heavy atom. The van der Waals surface area contributed by atoms with Crippen LogP contribution in [0.25, 0.3) is 10.9 Å². The van der Waals surface area contributed by atoms with E-state index in [1.165, 1.54) is 11.6 Å². The fraction of sp³-hybridized carbons (Fsp3) is 0.357. The van der Waals surface area contributed by atoms with Crippen LogP contribution < -0.4 is 16.0 Å². The zero-order valence-corrected chi connectivity index (χ0v) is 11.7. The van der Waals surface area contributed by atoms with Crippen molar-refractivity contribution in [2.75, 3.05) is 6.54 Å². The maximum atomic E-state index is 11.4. The Balaban J connectivity index is 0.00000133. The molecule has 4 nitrogen and oxygen atoms in total. The highest BCUT2D eigenvalue weighted by Gasteiger charge is 2.31. The van der Waals surface area contributed by atoms with Gasteiger partial charge in [0.2, 0.25) is 5.56 Å². The van der Waals surface area contributed by atoms with Gasteiger partial charge in [0.25, 0.3) is 0 Å². The third kappa shape index (κ3) is 2.01. The number of ether oxygens (including phenoxy) is 1. The fourth-order valence-electron chi connectivity index (χ4n) is 2.68. The average Bonchev–Trinajstić information content (AvgIpc) is 2.67. The summed E-state index contributed by atoms with van der Waals surface area (Å²) >= 11 is 0. The second-order valence-corrected chi connectivity index (χ2v) is 4.90. The van der Waals surface area contributed by atoms with Crippen LogP contribution in [-0.4, -0.2) is 17.6 Å². The molecule has 1 aliphatic heterocycles. The lowest BCUT2D eigenvalue weighted by Crippen LogP contribution is -2.26. The maximum absolute atomic E-state index is 11.4. The molecule has 3 rings (SSSR count). The average molecular weight is 281 g/mol. The van der Waals surface area contributed by atoms with Crippen LogP contribution in [-0.2, 0) is 0 Å². The Labute approximate surface area is 117 Å². The molecule has 0 fully saturated rings. The van der Waals surface area contributed by atoms with E-state index in [0.29, 0.717) is 12.5 Å². The molecule has 1 aliphatic rings. The van der Waals surface area contributed by atoms with Crippen molar-refractivity contribution in [3.63, 3.8) is 0 Å². The summed E-state index contributed by atoms with van der Waals surface area (Å²) in [6, 6.07) is 5.45. The molecule has 0 bridgehead atoms. The normalized spacial score (nSPS) is 20.8. The summed E-state index contributed by atoms with van der Waals surface area (Å²) in [4.78, 5) is 14.3. The Kier molecular flexibility index (Phi) is 3.56. The van der Waals surface area contributed by atoms with Crippen LogP contribution in [0.2, 0.25) is 0 Å². The summed E-state index contributed by atoms with van der Waals surface area (Å²) < 4.78 is 5.93. The Morgan fingerprint density at radius 2 is 2.16 bits per heavy atom. The van der Waals surface area contributed by atoms with E-state index >= 15 is 0 Å². The SMILES string of the molecule is Cc1cc2c(c3ccc(=O)[nH]c13)O[C@@H](CN)[C@@H]2C.Cl. The van der Waals surface area contributed by atoms with Crippen LogP contribution in [0.4, 0.5) is 0 Å². The minimum atomic E-state index is -0.0908. The number of rotatable bonds is 1. The van der Waals surface area contributed by atoms with Gasteiger partial charge in [-0.3, -0.25) is 4.79 Å². The number of H-pyrrole nitrogens is 1. The van der Waals surface area contributed by atoms with Crippen LogP contribution in [0, 0.1) is 6.92 Å². The number of nitrogens with two attached hydrogens (primary N) is 1. The standard InChI is InChI=1S/C14H16N2O2.ClH/c1-7-5-10-8(2)11(6-15)18-14(10)9-3-4-12(17)16-13(7)9;/h3-5,8,11H,6,15H2,1-2H3,(H,16,17);1H/t8-,11+;/m1./s1. The number of fused-ring (bicyclic) bond motifs is 3. The van der Waals surface area contributed by atoms with Crippen LogP contribution in [0.5, 0.6) is 5.75 Å². The van der Waals surface area contributed by atoms with E-state index in [1.54, 1.807) is 0 Å². The lowest BCUT2D eigenvalue weighted by Gasteiger charge is -2.11. The molecular weight excluding hydrogens is 264 g/mol. The van der Waals surface area contributed by atoms with Crippen molar-refractivity contribution >= 4 is 23.3 Å². The van der Waals surface area contributed by atoms with Gasteiger partial charge in [-0.25, -0.2) is 0 Å². The van der Waals surface area contributed by atoms with E-state index < -0.39 is 0 Å². The van der Waals surface area contributed by atoms with Gasteiger partial charge in [0.05, 0.1) is 5.52 Å². The summed E-state index contributed by atoms with van der Waals surface area (Å²) in [6.45, 7) is 4.63. The monoisotopic (exact) mass is 280 g/mol. The van der Waals surface area contributed by atoms with Gasteiger partial charge in [-0.15, -0.1) is 12.4 Å². The number of hydrogen-bond donors (Lipinski definition) is 2. The number of aromatic amines is 1. The van der Waals surface area contributed by atoms with Gasteiger partial charge in [-0.05, 0) is 24.6 Å². The molecule has 0 saturated carbocycles. The topological polar surface area (TPSA) is 68.1 Å². The van der Waals surface area contributed by atoms with Crippen molar-refractivity contribution in [2.24, 2.45) is 5.73 Å². The Bertz CT molecular complexity index is 681. The summed E-state index contributed by atoms with van der Waals surface area (Å²) in [5.41, 5.74) is 8.74. The molecule has 0 radical (unpaired) electrons. The van der Waals surface area contributed by atoms with Crippen molar-refractivity contribution < 1.29 is 4.74 Å². The highest BCUT2D eigenvalue weighted by Crippen LogP contribution is 2.43. The van der Waals surface area contributed by atoms with Gasteiger partial charge in [-0.1, -0.05) is 6.92 Å². The number of aromatic nitrogens is 1. The van der Waals surface area contributed by atoms with Gasteiger partial charge in [0.15, 0.2) is 0 Å². The van der Waals surface area contributed by atoms with Crippen LogP contribution in [0.15, 0.2) is 23.0 Å². The summed E-state index contributed by atoms with van der Waals surface area (Å²) in [5, 5.41) is 0.965. The molecule has 0 spiro atoms. The molecule has 0 aliphatic carbocycles. The number of pyridine rings is 1. The van der Waals surface area contributed by atoms with E-state index in [0.717, 1.165) is 22.2 Å². The van der Waals surface area contributed by atoms with E-state index in [-0.39, 0.29) is 24.1 Å². The first-order chi connectivity index (χ1) is 8.61.